The molecule has 0 fully saturated rings. The van der Waals surface area contributed by atoms with Gasteiger partial charge in [-0.2, -0.15) is 0 Å². The highest BCUT2D eigenvalue weighted by molar-refractivity contribution is 5.70. The van der Waals surface area contributed by atoms with E-state index in [9.17, 15) is 4.79 Å². The zero-order chi connectivity index (χ0) is 12.9. The first-order chi connectivity index (χ1) is 8.22. The Morgan fingerprint density at radius 3 is 2.71 bits per heavy atom. The number of hydrogen-bond acceptors (Lipinski definition) is 2. The van der Waals surface area contributed by atoms with Crippen molar-refractivity contribution in [2.45, 2.75) is 39.0 Å². The fourth-order valence-corrected chi connectivity index (χ4v) is 1.43. The first kappa shape index (κ1) is 15.9. The Hall–Kier alpha value is -1.09. The molecule has 0 saturated heterocycles. The molecule has 0 amide bonds. The van der Waals surface area contributed by atoms with E-state index in [0.29, 0.717) is 19.4 Å². The van der Waals surface area contributed by atoms with Crippen LogP contribution in [0, 0.1) is 5.92 Å². The zero-order valence-electron chi connectivity index (χ0n) is 10.7. The minimum Gasteiger partial charge on any atom is -0.481 e. The van der Waals surface area contributed by atoms with Gasteiger partial charge in [0.1, 0.15) is 0 Å². The van der Waals surface area contributed by atoms with E-state index in [1.54, 1.807) is 6.08 Å². The summed E-state index contributed by atoms with van der Waals surface area (Å²) >= 11 is 0. The molecule has 0 heterocycles. The van der Waals surface area contributed by atoms with Crippen LogP contribution in [0.2, 0.25) is 0 Å². The van der Waals surface area contributed by atoms with Gasteiger partial charge in [0.2, 0.25) is 0 Å². The Kier molecular flexibility index (Phi) is 10.7. The van der Waals surface area contributed by atoms with Crippen molar-refractivity contribution < 1.29 is 14.6 Å². The molecule has 0 aromatic carbocycles. The summed E-state index contributed by atoms with van der Waals surface area (Å²) in [6, 6.07) is 0. The summed E-state index contributed by atoms with van der Waals surface area (Å²) in [6.07, 6.45) is 9.96. The maximum absolute atomic E-state index is 10.8. The van der Waals surface area contributed by atoms with Crippen molar-refractivity contribution in [1.29, 1.82) is 0 Å². The van der Waals surface area contributed by atoms with Crippen molar-refractivity contribution in [2.75, 3.05) is 13.2 Å². The van der Waals surface area contributed by atoms with Crippen molar-refractivity contribution in [1.82, 2.24) is 0 Å². The first-order valence-electron chi connectivity index (χ1n) is 6.28. The summed E-state index contributed by atoms with van der Waals surface area (Å²) in [5, 5.41) is 8.89. The van der Waals surface area contributed by atoms with E-state index >= 15 is 0 Å². The highest BCUT2D eigenvalue weighted by Crippen LogP contribution is 2.10. The fourth-order valence-electron chi connectivity index (χ4n) is 1.43. The van der Waals surface area contributed by atoms with Gasteiger partial charge in [0, 0.05) is 6.61 Å². The summed E-state index contributed by atoms with van der Waals surface area (Å²) in [7, 11) is 0. The largest absolute Gasteiger partial charge is 0.481 e. The summed E-state index contributed by atoms with van der Waals surface area (Å²) in [4.78, 5) is 10.8. The molecular formula is C14H24O3. The lowest BCUT2D eigenvalue weighted by molar-refractivity contribution is -0.141. The number of unbranched alkanes of at least 4 members (excludes halogenated alkanes) is 2. The molecule has 1 N–H and O–H groups in total. The van der Waals surface area contributed by atoms with E-state index < -0.39 is 5.97 Å². The number of rotatable bonds is 11. The molecule has 0 bridgehead atoms. The highest BCUT2D eigenvalue weighted by Gasteiger charge is 2.12. The number of ether oxygens (including phenoxy) is 1. The average molecular weight is 240 g/mol. The van der Waals surface area contributed by atoms with Gasteiger partial charge in [-0.25, -0.2) is 0 Å². The maximum atomic E-state index is 10.8. The molecular weight excluding hydrogens is 216 g/mol. The second-order valence-corrected chi connectivity index (χ2v) is 4.05. The Balaban J connectivity index is 3.56. The SMILES string of the molecule is C=CCC(C/C=C/COCCCCC)C(=O)O. The minimum absolute atomic E-state index is 0.358. The van der Waals surface area contributed by atoms with Crippen LogP contribution in [-0.2, 0) is 9.53 Å². The number of carboxylic acid groups (broad SMARTS) is 1. The third-order valence-electron chi connectivity index (χ3n) is 2.49. The molecule has 0 aromatic heterocycles. The van der Waals surface area contributed by atoms with Gasteiger partial charge in [0.15, 0.2) is 0 Å². The van der Waals surface area contributed by atoms with Gasteiger partial charge < -0.3 is 9.84 Å². The molecule has 0 saturated carbocycles. The van der Waals surface area contributed by atoms with Crippen molar-refractivity contribution >= 4 is 5.97 Å². The van der Waals surface area contributed by atoms with Crippen LogP contribution in [0.1, 0.15) is 39.0 Å². The lowest BCUT2D eigenvalue weighted by Gasteiger charge is -2.05. The van der Waals surface area contributed by atoms with Crippen LogP contribution in [-0.4, -0.2) is 24.3 Å². The predicted molar refractivity (Wildman–Crippen MR) is 70.0 cm³/mol. The predicted octanol–water partition coefficient (Wildman–Crippen LogP) is 3.42. The van der Waals surface area contributed by atoms with Crippen LogP contribution in [0.3, 0.4) is 0 Å². The Morgan fingerprint density at radius 2 is 2.12 bits per heavy atom. The van der Waals surface area contributed by atoms with Crippen molar-refractivity contribution in [2.24, 2.45) is 5.92 Å². The summed E-state index contributed by atoms with van der Waals surface area (Å²) < 4.78 is 5.38. The lowest BCUT2D eigenvalue weighted by atomic mass is 10.0. The number of aliphatic carboxylic acids is 1. The quantitative estimate of drug-likeness (QED) is 0.444. The van der Waals surface area contributed by atoms with Gasteiger partial charge in [0.05, 0.1) is 12.5 Å². The second kappa shape index (κ2) is 11.4. The van der Waals surface area contributed by atoms with Gasteiger partial charge in [0.25, 0.3) is 0 Å². The molecule has 3 heteroatoms. The molecule has 0 aliphatic carbocycles. The molecule has 0 radical (unpaired) electrons. The second-order valence-electron chi connectivity index (χ2n) is 4.05. The van der Waals surface area contributed by atoms with Crippen LogP contribution < -0.4 is 0 Å². The normalized spacial score (nSPS) is 12.8. The van der Waals surface area contributed by atoms with Gasteiger partial charge in [-0.1, -0.05) is 38.0 Å². The van der Waals surface area contributed by atoms with E-state index in [2.05, 4.69) is 13.5 Å². The number of hydrogen-bond donors (Lipinski definition) is 1. The Labute approximate surface area is 104 Å². The van der Waals surface area contributed by atoms with Crippen LogP contribution in [0.25, 0.3) is 0 Å². The van der Waals surface area contributed by atoms with Crippen LogP contribution in [0.5, 0.6) is 0 Å². The summed E-state index contributed by atoms with van der Waals surface area (Å²) in [5.41, 5.74) is 0. The summed E-state index contributed by atoms with van der Waals surface area (Å²) in [5.74, 6) is -1.12. The van der Waals surface area contributed by atoms with Crippen molar-refractivity contribution in [3.8, 4) is 0 Å². The summed E-state index contributed by atoms with van der Waals surface area (Å²) in [6.45, 7) is 7.07. The lowest BCUT2D eigenvalue weighted by Crippen LogP contribution is -2.11. The molecule has 17 heavy (non-hydrogen) atoms. The van der Waals surface area contributed by atoms with E-state index in [0.717, 1.165) is 13.0 Å². The van der Waals surface area contributed by atoms with Crippen molar-refractivity contribution in [3.05, 3.63) is 24.8 Å². The third kappa shape index (κ3) is 9.82. The average Bonchev–Trinajstić information content (AvgIpc) is 2.31. The van der Waals surface area contributed by atoms with Crippen LogP contribution in [0.15, 0.2) is 24.8 Å². The van der Waals surface area contributed by atoms with Gasteiger partial charge in [-0.3, -0.25) is 4.79 Å². The molecule has 0 aliphatic heterocycles. The number of allylic oxidation sites excluding steroid dienone is 2. The zero-order valence-corrected chi connectivity index (χ0v) is 10.7. The molecule has 1 unspecified atom stereocenters. The van der Waals surface area contributed by atoms with Crippen molar-refractivity contribution in [3.63, 3.8) is 0 Å². The first-order valence-corrected chi connectivity index (χ1v) is 6.28. The highest BCUT2D eigenvalue weighted by atomic mass is 16.5. The topological polar surface area (TPSA) is 46.5 Å². The minimum atomic E-state index is -0.765. The van der Waals surface area contributed by atoms with Gasteiger partial charge in [-0.15, -0.1) is 6.58 Å². The molecule has 0 rings (SSSR count). The number of carboxylic acids is 1. The van der Waals surface area contributed by atoms with Gasteiger partial charge in [-0.05, 0) is 19.3 Å². The molecule has 3 nitrogen and oxygen atoms in total. The maximum Gasteiger partial charge on any atom is 0.307 e. The molecule has 98 valence electrons. The van der Waals surface area contributed by atoms with E-state index in [1.807, 2.05) is 12.2 Å². The monoisotopic (exact) mass is 240 g/mol. The fraction of sp³-hybridized carbons (Fsp3) is 0.643. The third-order valence-corrected chi connectivity index (χ3v) is 2.49. The molecule has 0 aromatic rings. The number of carbonyl (C=O) groups is 1. The standard InChI is InChI=1S/C14H24O3/c1-3-5-7-11-17-12-8-6-10-13(9-4-2)14(15)16/h4,6,8,13H,2-3,5,7,9-12H2,1H3,(H,15,16)/b8-6+. The van der Waals surface area contributed by atoms with Crippen LogP contribution in [0.4, 0.5) is 0 Å². The van der Waals surface area contributed by atoms with E-state index in [-0.39, 0.29) is 5.92 Å². The molecule has 0 aliphatic rings. The van der Waals surface area contributed by atoms with E-state index in [4.69, 9.17) is 9.84 Å². The Morgan fingerprint density at radius 1 is 1.35 bits per heavy atom. The van der Waals surface area contributed by atoms with Crippen LogP contribution >= 0.6 is 0 Å². The van der Waals surface area contributed by atoms with Gasteiger partial charge >= 0.3 is 5.97 Å². The van der Waals surface area contributed by atoms with E-state index in [1.165, 1.54) is 12.8 Å². The molecule has 0 spiro atoms. The smallest absolute Gasteiger partial charge is 0.307 e. The Bertz CT molecular complexity index is 234. The molecule has 1 atom stereocenters.